The Hall–Kier alpha value is -2.55. The van der Waals surface area contributed by atoms with E-state index in [1.807, 2.05) is 36.5 Å². The van der Waals surface area contributed by atoms with Crippen LogP contribution in [0.15, 0.2) is 42.6 Å². The number of hydrogen-bond acceptors (Lipinski definition) is 6. The molecule has 3 rings (SSSR count). The van der Waals surface area contributed by atoms with Crippen LogP contribution in [0, 0.1) is 0 Å². The maximum atomic E-state index is 11.4. The van der Waals surface area contributed by atoms with Crippen LogP contribution in [0.4, 0.5) is 10.6 Å². The van der Waals surface area contributed by atoms with E-state index in [-0.39, 0.29) is 17.9 Å². The van der Waals surface area contributed by atoms with Crippen LogP contribution < -0.4 is 19.7 Å². The molecule has 154 valence electrons. The lowest BCUT2D eigenvalue weighted by Crippen LogP contribution is -2.46. The highest BCUT2D eigenvalue weighted by Crippen LogP contribution is 2.29. The van der Waals surface area contributed by atoms with Gasteiger partial charge in [-0.15, -0.1) is 12.4 Å². The van der Waals surface area contributed by atoms with Gasteiger partial charge in [0.25, 0.3) is 0 Å². The number of nitrogens with one attached hydrogen (secondary N) is 1. The van der Waals surface area contributed by atoms with E-state index >= 15 is 0 Å². The maximum Gasteiger partial charge on any atom is 0.412 e. The number of pyridine rings is 1. The minimum atomic E-state index is -0.512. The minimum Gasteiger partial charge on any atom is -0.493 e. The van der Waals surface area contributed by atoms with Crippen molar-refractivity contribution in [3.05, 3.63) is 48.2 Å². The van der Waals surface area contributed by atoms with E-state index in [2.05, 4.69) is 20.1 Å². The van der Waals surface area contributed by atoms with Gasteiger partial charge < -0.3 is 25.2 Å². The molecule has 1 amide bonds. The largest absolute Gasteiger partial charge is 0.493 e. The third-order valence-electron chi connectivity index (χ3n) is 4.39. The van der Waals surface area contributed by atoms with Gasteiger partial charge >= 0.3 is 6.09 Å². The summed E-state index contributed by atoms with van der Waals surface area (Å²) in [6.07, 6.45) is 1.32. The summed E-state index contributed by atoms with van der Waals surface area (Å²) in [7, 11) is 3.09. The van der Waals surface area contributed by atoms with Crippen molar-refractivity contribution in [2.45, 2.75) is 6.54 Å². The van der Waals surface area contributed by atoms with Gasteiger partial charge in [-0.1, -0.05) is 12.1 Å². The lowest BCUT2D eigenvalue weighted by atomic mass is 10.1. The van der Waals surface area contributed by atoms with Crippen molar-refractivity contribution >= 4 is 24.3 Å². The zero-order valence-electron chi connectivity index (χ0n) is 16.1. The quantitative estimate of drug-likeness (QED) is 0.805. The molecule has 3 N–H and O–H groups in total. The zero-order chi connectivity index (χ0) is 18.4. The first-order chi connectivity index (χ1) is 12.7. The van der Waals surface area contributed by atoms with Gasteiger partial charge in [-0.05, 0) is 29.8 Å². The molecule has 0 bridgehead atoms. The number of methoxy groups -OCH3 is 1. The third-order valence-corrected chi connectivity index (χ3v) is 4.39. The fraction of sp³-hybridized carbons (Fsp3) is 0.368. The van der Waals surface area contributed by atoms with E-state index in [4.69, 9.17) is 9.47 Å². The van der Waals surface area contributed by atoms with Gasteiger partial charge in [-0.3, -0.25) is 4.90 Å². The van der Waals surface area contributed by atoms with Crippen LogP contribution in [0.2, 0.25) is 0 Å². The van der Waals surface area contributed by atoms with Gasteiger partial charge in [0, 0.05) is 46.0 Å². The average molecular weight is 411 g/mol. The molecule has 0 spiro atoms. The van der Waals surface area contributed by atoms with Crippen molar-refractivity contribution in [3.63, 3.8) is 0 Å². The van der Waals surface area contributed by atoms with Crippen molar-refractivity contribution in [1.82, 2.24) is 15.2 Å². The molecular formula is C19H27ClN4O4. The van der Waals surface area contributed by atoms with Crippen LogP contribution >= 0.6 is 12.4 Å². The van der Waals surface area contributed by atoms with Crippen LogP contribution in [-0.4, -0.2) is 61.8 Å². The molecule has 0 aliphatic carbocycles. The molecule has 1 fully saturated rings. The summed E-state index contributed by atoms with van der Waals surface area (Å²) in [6, 6.07) is 11.7. The van der Waals surface area contributed by atoms with Crippen LogP contribution in [-0.2, 0) is 6.54 Å². The number of carbonyl (C=O) groups is 1. The number of halogens is 1. The number of ether oxygens (including phenoxy) is 2. The number of amides is 1. The van der Waals surface area contributed by atoms with Gasteiger partial charge in [0.1, 0.15) is 5.82 Å². The fourth-order valence-electron chi connectivity index (χ4n) is 2.98. The summed E-state index contributed by atoms with van der Waals surface area (Å²) < 4.78 is 10.5. The molecule has 8 nitrogen and oxygen atoms in total. The number of nitrogens with zero attached hydrogens (tertiary/aromatic N) is 3. The molecule has 0 saturated carbocycles. The van der Waals surface area contributed by atoms with Crippen molar-refractivity contribution in [2.75, 3.05) is 45.2 Å². The average Bonchev–Trinajstić information content (AvgIpc) is 2.70. The van der Waals surface area contributed by atoms with E-state index in [1.165, 1.54) is 7.05 Å². The Kier molecular flexibility index (Phi) is 9.50. The zero-order valence-corrected chi connectivity index (χ0v) is 16.9. The Balaban J connectivity index is 0.00000196. The molecule has 9 heteroatoms. The molecule has 1 aromatic carbocycles. The summed E-state index contributed by atoms with van der Waals surface area (Å²) in [6.45, 7) is 4.66. The first-order valence-electron chi connectivity index (χ1n) is 8.64. The number of piperazine rings is 1. The standard InChI is InChI=1S/C19H24N4O3.ClH.H2O/c1-20-19(24)26-16-7-6-15(13-17(16)25-2)14-22-9-11-23(12-10-22)18-5-3-4-8-21-18;;/h3-8,13H,9-12,14H2,1-2H3,(H,20,24);1H;1H2. The second-order valence-electron chi connectivity index (χ2n) is 6.08. The molecular weight excluding hydrogens is 384 g/mol. The normalized spacial score (nSPS) is 13.7. The lowest BCUT2D eigenvalue weighted by Gasteiger charge is -2.35. The molecule has 1 saturated heterocycles. The number of carbonyl (C=O) groups excluding carboxylic acids is 1. The SMILES string of the molecule is CNC(=O)Oc1ccc(CN2CCN(c3ccccn3)CC2)cc1OC.Cl.O. The highest BCUT2D eigenvalue weighted by Gasteiger charge is 2.18. The Morgan fingerprint density at radius 1 is 1.14 bits per heavy atom. The minimum absolute atomic E-state index is 0. The van der Waals surface area contributed by atoms with Crippen LogP contribution in [0.25, 0.3) is 0 Å². The topological polar surface area (TPSA) is 98.4 Å². The number of anilines is 1. The van der Waals surface area contributed by atoms with Crippen molar-refractivity contribution < 1.29 is 19.7 Å². The maximum absolute atomic E-state index is 11.4. The molecule has 1 aliphatic rings. The van der Waals surface area contributed by atoms with Gasteiger partial charge in [0.05, 0.1) is 7.11 Å². The third kappa shape index (κ3) is 5.98. The second kappa shape index (κ2) is 11.3. The molecule has 2 aromatic rings. The second-order valence-corrected chi connectivity index (χ2v) is 6.08. The molecule has 0 unspecified atom stereocenters. The van der Waals surface area contributed by atoms with E-state index in [1.54, 1.807) is 13.2 Å². The lowest BCUT2D eigenvalue weighted by molar-refractivity contribution is 0.200. The van der Waals surface area contributed by atoms with Gasteiger partial charge in [-0.2, -0.15) is 0 Å². The summed E-state index contributed by atoms with van der Waals surface area (Å²) in [5.41, 5.74) is 1.12. The molecule has 1 aromatic heterocycles. The Morgan fingerprint density at radius 3 is 2.50 bits per heavy atom. The molecule has 28 heavy (non-hydrogen) atoms. The van der Waals surface area contributed by atoms with Crippen LogP contribution in [0.1, 0.15) is 5.56 Å². The highest BCUT2D eigenvalue weighted by atomic mass is 35.5. The van der Waals surface area contributed by atoms with E-state index in [0.29, 0.717) is 11.5 Å². The smallest absolute Gasteiger partial charge is 0.412 e. The Bertz CT molecular complexity index is 740. The Morgan fingerprint density at radius 2 is 1.89 bits per heavy atom. The summed E-state index contributed by atoms with van der Waals surface area (Å²) in [5.74, 6) is 2.00. The van der Waals surface area contributed by atoms with E-state index < -0.39 is 6.09 Å². The summed E-state index contributed by atoms with van der Waals surface area (Å²) in [4.78, 5) is 20.5. The highest BCUT2D eigenvalue weighted by molar-refractivity contribution is 5.85. The van der Waals surface area contributed by atoms with Crippen molar-refractivity contribution in [1.29, 1.82) is 0 Å². The predicted octanol–water partition coefficient (Wildman–Crippen LogP) is 1.73. The molecule has 0 radical (unpaired) electrons. The van der Waals surface area contributed by atoms with Gasteiger partial charge in [0.15, 0.2) is 11.5 Å². The number of benzene rings is 1. The number of aromatic nitrogens is 1. The summed E-state index contributed by atoms with van der Waals surface area (Å²) in [5, 5.41) is 2.43. The van der Waals surface area contributed by atoms with Crippen LogP contribution in [0.5, 0.6) is 11.5 Å². The molecule has 0 atom stereocenters. The van der Waals surface area contributed by atoms with Crippen molar-refractivity contribution in [3.8, 4) is 11.5 Å². The molecule has 1 aliphatic heterocycles. The predicted molar refractivity (Wildman–Crippen MR) is 111 cm³/mol. The first kappa shape index (κ1) is 23.5. The van der Waals surface area contributed by atoms with Crippen molar-refractivity contribution in [2.24, 2.45) is 0 Å². The Labute approximate surface area is 171 Å². The van der Waals surface area contributed by atoms with Crippen LogP contribution in [0.3, 0.4) is 0 Å². The van der Waals surface area contributed by atoms with E-state index in [9.17, 15) is 4.79 Å². The number of hydrogen-bond donors (Lipinski definition) is 1. The van der Waals surface area contributed by atoms with Gasteiger partial charge in [-0.25, -0.2) is 9.78 Å². The molecule has 2 heterocycles. The monoisotopic (exact) mass is 410 g/mol. The van der Waals surface area contributed by atoms with E-state index in [0.717, 1.165) is 44.1 Å². The van der Waals surface area contributed by atoms with Gasteiger partial charge in [0.2, 0.25) is 0 Å². The fourth-order valence-corrected chi connectivity index (χ4v) is 2.98. The first-order valence-corrected chi connectivity index (χ1v) is 8.64. The number of rotatable bonds is 5. The summed E-state index contributed by atoms with van der Waals surface area (Å²) >= 11 is 0.